The minimum absolute atomic E-state index is 0.639. The Hall–Kier alpha value is -2.57. The second kappa shape index (κ2) is 7.13. The fourth-order valence-electron chi connectivity index (χ4n) is 3.05. The van der Waals surface area contributed by atoms with Gasteiger partial charge < -0.3 is 19.6 Å². The molecule has 25 heavy (non-hydrogen) atoms. The van der Waals surface area contributed by atoms with E-state index in [1.807, 2.05) is 53.2 Å². The normalized spacial score (nSPS) is 15.5. The van der Waals surface area contributed by atoms with Gasteiger partial charge in [0, 0.05) is 43.3 Å². The standard InChI is InChI=1S/C19H22N4O2/c20-16-4-1-3-15(13-16)17-14-23-6-2-5-18(19(23)21-17)25-12-9-22-7-10-24-11-8-22/h1-6,13-14H,7-12,20H2. The van der Waals surface area contributed by atoms with Crippen LogP contribution in [0, 0.1) is 0 Å². The van der Waals surface area contributed by atoms with E-state index in [9.17, 15) is 0 Å². The van der Waals surface area contributed by atoms with E-state index in [1.54, 1.807) is 0 Å². The minimum atomic E-state index is 0.639. The lowest BCUT2D eigenvalue weighted by Gasteiger charge is -2.26. The predicted octanol–water partition coefficient (Wildman–Crippen LogP) is 2.29. The van der Waals surface area contributed by atoms with Gasteiger partial charge in [-0.2, -0.15) is 0 Å². The fraction of sp³-hybridized carbons (Fsp3) is 0.316. The number of imidazole rings is 1. The number of anilines is 1. The average Bonchev–Trinajstić information content (AvgIpc) is 3.08. The summed E-state index contributed by atoms with van der Waals surface area (Å²) in [6.45, 7) is 5.08. The lowest BCUT2D eigenvalue weighted by atomic mass is 10.1. The van der Waals surface area contributed by atoms with E-state index in [-0.39, 0.29) is 0 Å². The van der Waals surface area contributed by atoms with Crippen LogP contribution in [0.1, 0.15) is 0 Å². The number of rotatable bonds is 5. The molecule has 4 rings (SSSR count). The predicted molar refractivity (Wildman–Crippen MR) is 97.8 cm³/mol. The SMILES string of the molecule is Nc1cccc(-c2cn3cccc(OCCN4CCOCC4)c3n2)c1. The third-order valence-corrected chi connectivity index (χ3v) is 4.40. The number of fused-ring (bicyclic) bond motifs is 1. The van der Waals surface area contributed by atoms with E-state index in [2.05, 4.69) is 4.90 Å². The van der Waals surface area contributed by atoms with Crippen LogP contribution in [0.4, 0.5) is 5.69 Å². The van der Waals surface area contributed by atoms with Crippen molar-refractivity contribution < 1.29 is 9.47 Å². The Morgan fingerprint density at radius 1 is 1.16 bits per heavy atom. The van der Waals surface area contributed by atoms with Gasteiger partial charge >= 0.3 is 0 Å². The van der Waals surface area contributed by atoms with Crippen molar-refractivity contribution in [1.82, 2.24) is 14.3 Å². The molecular weight excluding hydrogens is 316 g/mol. The molecule has 1 fully saturated rings. The fourth-order valence-corrected chi connectivity index (χ4v) is 3.05. The highest BCUT2D eigenvalue weighted by atomic mass is 16.5. The molecule has 0 aliphatic carbocycles. The lowest BCUT2D eigenvalue weighted by molar-refractivity contribution is 0.0323. The van der Waals surface area contributed by atoms with Crippen LogP contribution >= 0.6 is 0 Å². The van der Waals surface area contributed by atoms with Crippen LogP contribution in [0.15, 0.2) is 48.8 Å². The Balaban J connectivity index is 1.51. The van der Waals surface area contributed by atoms with Crippen molar-refractivity contribution in [1.29, 1.82) is 0 Å². The second-order valence-electron chi connectivity index (χ2n) is 6.16. The molecule has 0 unspecified atom stereocenters. The molecule has 1 saturated heterocycles. The molecule has 3 heterocycles. The molecule has 0 bridgehead atoms. The lowest BCUT2D eigenvalue weighted by Crippen LogP contribution is -2.38. The van der Waals surface area contributed by atoms with Crippen molar-refractivity contribution in [2.75, 3.05) is 45.2 Å². The van der Waals surface area contributed by atoms with Gasteiger partial charge in [-0.1, -0.05) is 12.1 Å². The molecule has 2 N–H and O–H groups in total. The first-order valence-electron chi connectivity index (χ1n) is 8.56. The number of ether oxygens (including phenoxy) is 2. The summed E-state index contributed by atoms with van der Waals surface area (Å²) in [5, 5.41) is 0. The van der Waals surface area contributed by atoms with Gasteiger partial charge in [0.1, 0.15) is 6.61 Å². The van der Waals surface area contributed by atoms with E-state index in [1.165, 1.54) is 0 Å². The maximum Gasteiger partial charge on any atom is 0.180 e. The number of benzene rings is 1. The summed E-state index contributed by atoms with van der Waals surface area (Å²) in [4.78, 5) is 7.09. The van der Waals surface area contributed by atoms with Crippen LogP contribution in [-0.2, 0) is 4.74 Å². The van der Waals surface area contributed by atoms with Crippen LogP contribution in [0.3, 0.4) is 0 Å². The van der Waals surface area contributed by atoms with Crippen molar-refractivity contribution in [3.8, 4) is 17.0 Å². The minimum Gasteiger partial charge on any atom is -0.488 e. The third-order valence-electron chi connectivity index (χ3n) is 4.40. The number of hydrogen-bond acceptors (Lipinski definition) is 5. The van der Waals surface area contributed by atoms with Crippen molar-refractivity contribution >= 4 is 11.3 Å². The van der Waals surface area contributed by atoms with Gasteiger partial charge in [0.2, 0.25) is 0 Å². The van der Waals surface area contributed by atoms with Gasteiger partial charge in [-0.05, 0) is 24.3 Å². The number of aromatic nitrogens is 2. The summed E-state index contributed by atoms with van der Waals surface area (Å²) < 4.78 is 13.4. The number of pyridine rings is 1. The Labute approximate surface area is 146 Å². The summed E-state index contributed by atoms with van der Waals surface area (Å²) in [7, 11) is 0. The van der Waals surface area contributed by atoms with Crippen LogP contribution in [0.25, 0.3) is 16.9 Å². The Morgan fingerprint density at radius 3 is 2.88 bits per heavy atom. The maximum absolute atomic E-state index is 6.00. The van der Waals surface area contributed by atoms with E-state index >= 15 is 0 Å². The summed E-state index contributed by atoms with van der Waals surface area (Å²) in [5.74, 6) is 0.797. The second-order valence-corrected chi connectivity index (χ2v) is 6.16. The topological polar surface area (TPSA) is 65.0 Å². The molecular formula is C19H22N4O2. The van der Waals surface area contributed by atoms with E-state index in [0.29, 0.717) is 6.61 Å². The van der Waals surface area contributed by atoms with Gasteiger partial charge in [-0.15, -0.1) is 0 Å². The van der Waals surface area contributed by atoms with Gasteiger partial charge in [0.05, 0.1) is 18.9 Å². The van der Waals surface area contributed by atoms with Crippen molar-refractivity contribution in [3.05, 3.63) is 48.8 Å². The number of nitrogens with two attached hydrogens (primary N) is 1. The molecule has 6 heteroatoms. The molecule has 2 aromatic heterocycles. The molecule has 3 aromatic rings. The molecule has 0 atom stereocenters. The maximum atomic E-state index is 6.00. The molecule has 0 spiro atoms. The number of morpholine rings is 1. The smallest absolute Gasteiger partial charge is 0.180 e. The molecule has 1 aliphatic heterocycles. The summed E-state index contributed by atoms with van der Waals surface area (Å²) in [5.41, 5.74) is 9.33. The highest BCUT2D eigenvalue weighted by Crippen LogP contribution is 2.25. The molecule has 0 amide bonds. The Bertz CT molecular complexity index is 856. The molecule has 0 radical (unpaired) electrons. The van der Waals surface area contributed by atoms with E-state index in [4.69, 9.17) is 20.2 Å². The van der Waals surface area contributed by atoms with Crippen LogP contribution in [-0.4, -0.2) is 53.7 Å². The van der Waals surface area contributed by atoms with Gasteiger partial charge in [-0.3, -0.25) is 4.90 Å². The number of nitrogens with zero attached hydrogens (tertiary/aromatic N) is 3. The van der Waals surface area contributed by atoms with Crippen molar-refractivity contribution in [3.63, 3.8) is 0 Å². The van der Waals surface area contributed by atoms with Gasteiger partial charge in [0.15, 0.2) is 11.4 Å². The number of nitrogen functional groups attached to an aromatic ring is 1. The Kier molecular flexibility index (Phi) is 4.54. The average molecular weight is 338 g/mol. The van der Waals surface area contributed by atoms with Crippen molar-refractivity contribution in [2.45, 2.75) is 0 Å². The monoisotopic (exact) mass is 338 g/mol. The zero-order valence-electron chi connectivity index (χ0n) is 14.1. The molecule has 1 aromatic carbocycles. The summed E-state index contributed by atoms with van der Waals surface area (Å²) >= 11 is 0. The largest absolute Gasteiger partial charge is 0.488 e. The molecule has 0 saturated carbocycles. The highest BCUT2D eigenvalue weighted by Gasteiger charge is 2.12. The first kappa shape index (κ1) is 15.9. The molecule has 6 nitrogen and oxygen atoms in total. The Morgan fingerprint density at radius 2 is 2.04 bits per heavy atom. The zero-order chi connectivity index (χ0) is 17.1. The first-order chi connectivity index (χ1) is 12.3. The molecule has 1 aliphatic rings. The van der Waals surface area contributed by atoms with Gasteiger partial charge in [0.25, 0.3) is 0 Å². The summed E-state index contributed by atoms with van der Waals surface area (Å²) in [6.07, 6.45) is 3.98. The zero-order valence-corrected chi connectivity index (χ0v) is 14.1. The third kappa shape index (κ3) is 3.60. The van der Waals surface area contributed by atoms with Crippen LogP contribution in [0.5, 0.6) is 5.75 Å². The van der Waals surface area contributed by atoms with Crippen molar-refractivity contribution in [2.24, 2.45) is 0 Å². The molecule has 130 valence electrons. The van der Waals surface area contributed by atoms with E-state index < -0.39 is 0 Å². The highest BCUT2D eigenvalue weighted by molar-refractivity contribution is 5.68. The first-order valence-corrected chi connectivity index (χ1v) is 8.56. The summed E-state index contributed by atoms with van der Waals surface area (Å²) in [6, 6.07) is 11.7. The van der Waals surface area contributed by atoms with Crippen LogP contribution in [0.2, 0.25) is 0 Å². The van der Waals surface area contributed by atoms with Crippen LogP contribution < -0.4 is 10.5 Å². The quantitative estimate of drug-likeness (QED) is 0.723. The van der Waals surface area contributed by atoms with Gasteiger partial charge in [-0.25, -0.2) is 4.98 Å². The van der Waals surface area contributed by atoms with E-state index in [0.717, 1.165) is 61.2 Å². The number of hydrogen-bond donors (Lipinski definition) is 1.